The second-order valence-corrected chi connectivity index (χ2v) is 5.60. The lowest BCUT2D eigenvalue weighted by atomic mass is 10.2. The van der Waals surface area contributed by atoms with Crippen LogP contribution in [0.1, 0.15) is 5.56 Å². The molecule has 0 fully saturated rings. The van der Waals surface area contributed by atoms with E-state index in [0.29, 0.717) is 12.2 Å². The van der Waals surface area contributed by atoms with Gasteiger partial charge in [-0.15, -0.1) is 0 Å². The molecule has 0 aliphatic carbocycles. The van der Waals surface area contributed by atoms with Gasteiger partial charge in [0.1, 0.15) is 12.0 Å². The van der Waals surface area contributed by atoms with Crippen LogP contribution in [0, 0.1) is 10.1 Å². The monoisotopic (exact) mass is 346 g/mol. The zero-order valence-electron chi connectivity index (χ0n) is 13.6. The van der Waals surface area contributed by atoms with Crippen LogP contribution in [0.5, 0.6) is 0 Å². The minimum Gasteiger partial charge on any atom is -0.360 e. The lowest BCUT2D eigenvalue weighted by Crippen LogP contribution is -2.08. The number of fused-ring (bicyclic) bond motifs is 1. The van der Waals surface area contributed by atoms with E-state index in [4.69, 9.17) is 0 Å². The number of hydrogen-bond acceptors (Lipinski definition) is 6. The van der Waals surface area contributed by atoms with Crippen LogP contribution in [-0.4, -0.2) is 24.4 Å². The number of rotatable bonds is 5. The summed E-state index contributed by atoms with van der Waals surface area (Å²) in [5.41, 5.74) is 2.78. The average Bonchev–Trinajstić information content (AvgIpc) is 3.10. The van der Waals surface area contributed by atoms with Crippen molar-refractivity contribution in [2.45, 2.75) is 6.54 Å². The van der Waals surface area contributed by atoms with Crippen LogP contribution in [0.3, 0.4) is 0 Å². The van der Waals surface area contributed by atoms with Gasteiger partial charge in [0.25, 0.3) is 0 Å². The lowest BCUT2D eigenvalue weighted by molar-refractivity contribution is -0.383. The highest BCUT2D eigenvalue weighted by molar-refractivity contribution is 5.80. The van der Waals surface area contributed by atoms with Crippen LogP contribution in [0.4, 0.5) is 11.5 Å². The van der Waals surface area contributed by atoms with E-state index in [1.165, 1.54) is 0 Å². The van der Waals surface area contributed by atoms with E-state index in [1.54, 1.807) is 35.6 Å². The molecule has 0 bridgehead atoms. The molecule has 0 spiro atoms. The summed E-state index contributed by atoms with van der Waals surface area (Å²) >= 11 is 0. The Morgan fingerprint density at radius 3 is 2.77 bits per heavy atom. The highest BCUT2D eigenvalue weighted by atomic mass is 16.6. The summed E-state index contributed by atoms with van der Waals surface area (Å²) in [6.07, 6.45) is 6.50. The molecular weight excluding hydrogens is 332 g/mol. The Balaban J connectivity index is 1.77. The summed E-state index contributed by atoms with van der Waals surface area (Å²) < 4.78 is 1.70. The van der Waals surface area contributed by atoms with Gasteiger partial charge in [-0.2, -0.15) is 0 Å². The maximum Gasteiger partial charge on any atom is 0.335 e. The summed E-state index contributed by atoms with van der Waals surface area (Å²) in [7, 11) is 0. The average molecular weight is 346 g/mol. The van der Waals surface area contributed by atoms with Gasteiger partial charge in [-0.3, -0.25) is 19.7 Å². The molecule has 4 rings (SSSR count). The first kappa shape index (κ1) is 15.7. The van der Waals surface area contributed by atoms with Crippen molar-refractivity contribution in [1.82, 2.24) is 19.5 Å². The van der Waals surface area contributed by atoms with Crippen molar-refractivity contribution >= 4 is 22.5 Å². The second-order valence-electron chi connectivity index (χ2n) is 5.60. The number of pyridine rings is 2. The molecular formula is C18H14N6O2. The van der Waals surface area contributed by atoms with E-state index in [0.717, 1.165) is 16.6 Å². The van der Waals surface area contributed by atoms with E-state index >= 15 is 0 Å². The van der Waals surface area contributed by atoms with Gasteiger partial charge >= 0.3 is 5.69 Å². The zero-order valence-corrected chi connectivity index (χ0v) is 13.6. The molecule has 0 amide bonds. The Bertz CT molecular complexity index is 1080. The van der Waals surface area contributed by atoms with Gasteiger partial charge in [0, 0.05) is 25.1 Å². The number of imidazole rings is 1. The number of hydrogen-bond donors (Lipinski definition) is 1. The molecule has 0 aliphatic heterocycles. The fraction of sp³-hybridized carbons (Fsp3) is 0.0556. The van der Waals surface area contributed by atoms with Crippen molar-refractivity contribution in [2.75, 3.05) is 5.32 Å². The molecule has 0 aliphatic rings. The minimum atomic E-state index is -0.428. The number of nitrogens with zero attached hydrogens (tertiary/aromatic N) is 5. The number of nitrogens with one attached hydrogen (secondary N) is 1. The van der Waals surface area contributed by atoms with E-state index in [1.807, 2.05) is 36.4 Å². The summed E-state index contributed by atoms with van der Waals surface area (Å²) in [4.78, 5) is 23.8. The Hall–Kier alpha value is -3.81. The molecule has 1 N–H and O–H groups in total. The number of benzene rings is 1. The van der Waals surface area contributed by atoms with Gasteiger partial charge in [-0.1, -0.05) is 18.2 Å². The third-order valence-electron chi connectivity index (χ3n) is 3.98. The number of para-hydroxylation sites is 2. The standard InChI is InChI=1S/C18H14N6O2/c25-24(26)17-16(23-12-22-14-5-1-2-6-15(14)23)7-9-20-18(17)21-11-13-4-3-8-19-10-13/h1-10,12H,11H2,(H,20,21). The van der Waals surface area contributed by atoms with E-state index in [9.17, 15) is 10.1 Å². The second kappa shape index (κ2) is 6.60. The molecule has 0 atom stereocenters. The molecule has 8 nitrogen and oxygen atoms in total. The SMILES string of the molecule is O=[N+]([O-])c1c(-n2cnc3ccccc32)ccnc1NCc1cccnc1. The van der Waals surface area contributed by atoms with E-state index in [2.05, 4.69) is 20.3 Å². The van der Waals surface area contributed by atoms with E-state index in [-0.39, 0.29) is 11.5 Å². The normalized spacial score (nSPS) is 10.8. The first-order valence-electron chi connectivity index (χ1n) is 7.92. The number of aromatic nitrogens is 4. The molecule has 26 heavy (non-hydrogen) atoms. The van der Waals surface area contributed by atoms with Crippen LogP contribution < -0.4 is 5.32 Å². The molecule has 0 unspecified atom stereocenters. The molecule has 0 radical (unpaired) electrons. The first-order chi connectivity index (χ1) is 12.7. The first-order valence-corrected chi connectivity index (χ1v) is 7.92. The summed E-state index contributed by atoms with van der Waals surface area (Å²) in [6, 6.07) is 12.8. The summed E-state index contributed by atoms with van der Waals surface area (Å²) in [6.45, 7) is 0.385. The van der Waals surface area contributed by atoms with Crippen molar-refractivity contribution in [3.05, 3.63) is 83.1 Å². The van der Waals surface area contributed by atoms with Crippen LogP contribution >= 0.6 is 0 Å². The van der Waals surface area contributed by atoms with Crippen LogP contribution in [0.2, 0.25) is 0 Å². The fourth-order valence-electron chi connectivity index (χ4n) is 2.79. The number of nitro groups is 1. The van der Waals surface area contributed by atoms with Gasteiger partial charge in [0.15, 0.2) is 0 Å². The molecule has 3 aromatic heterocycles. The maximum atomic E-state index is 11.8. The van der Waals surface area contributed by atoms with Crippen molar-refractivity contribution in [3.8, 4) is 5.69 Å². The van der Waals surface area contributed by atoms with E-state index < -0.39 is 4.92 Å². The van der Waals surface area contributed by atoms with Gasteiger partial charge in [0.05, 0.1) is 16.0 Å². The van der Waals surface area contributed by atoms with Crippen molar-refractivity contribution in [1.29, 1.82) is 0 Å². The zero-order chi connectivity index (χ0) is 17.9. The molecule has 3 heterocycles. The topological polar surface area (TPSA) is 98.8 Å². The van der Waals surface area contributed by atoms with Gasteiger partial charge in [-0.25, -0.2) is 9.97 Å². The smallest absolute Gasteiger partial charge is 0.335 e. The Labute approximate surface area is 148 Å². The molecule has 1 aromatic carbocycles. The van der Waals surface area contributed by atoms with Crippen LogP contribution in [-0.2, 0) is 6.54 Å². The van der Waals surface area contributed by atoms with Crippen LogP contribution in [0.25, 0.3) is 16.7 Å². The van der Waals surface area contributed by atoms with Gasteiger partial charge < -0.3 is 5.32 Å². The predicted octanol–water partition coefficient (Wildman–Crippen LogP) is 3.34. The quantitative estimate of drug-likeness (QED) is 0.439. The molecule has 0 saturated heterocycles. The molecule has 8 heteroatoms. The molecule has 4 aromatic rings. The lowest BCUT2D eigenvalue weighted by Gasteiger charge is -2.10. The predicted molar refractivity (Wildman–Crippen MR) is 97.1 cm³/mol. The van der Waals surface area contributed by atoms with Crippen molar-refractivity contribution in [2.24, 2.45) is 0 Å². The molecule has 128 valence electrons. The highest BCUT2D eigenvalue weighted by Crippen LogP contribution is 2.31. The maximum absolute atomic E-state index is 11.8. The minimum absolute atomic E-state index is 0.0976. The van der Waals surface area contributed by atoms with Crippen molar-refractivity contribution in [3.63, 3.8) is 0 Å². The van der Waals surface area contributed by atoms with Crippen molar-refractivity contribution < 1.29 is 4.92 Å². The van der Waals surface area contributed by atoms with Gasteiger partial charge in [0.2, 0.25) is 5.82 Å². The Morgan fingerprint density at radius 2 is 1.96 bits per heavy atom. The Kier molecular flexibility index (Phi) is 3.98. The summed E-state index contributed by atoms with van der Waals surface area (Å²) in [5.74, 6) is 0.203. The third-order valence-corrected chi connectivity index (χ3v) is 3.98. The number of anilines is 1. The molecule has 0 saturated carbocycles. The fourth-order valence-corrected chi connectivity index (χ4v) is 2.79. The van der Waals surface area contributed by atoms with Gasteiger partial charge in [-0.05, 0) is 29.8 Å². The largest absolute Gasteiger partial charge is 0.360 e. The highest BCUT2D eigenvalue weighted by Gasteiger charge is 2.23. The van der Waals surface area contributed by atoms with Crippen LogP contribution in [0.15, 0.2) is 67.4 Å². The summed E-state index contributed by atoms with van der Waals surface area (Å²) in [5, 5.41) is 14.8. The Morgan fingerprint density at radius 1 is 1.08 bits per heavy atom. The third kappa shape index (κ3) is 2.84.